The molecule has 0 aliphatic carbocycles. The van der Waals surface area contributed by atoms with Crippen LogP contribution in [0.3, 0.4) is 0 Å². The number of benzene rings is 2. The second kappa shape index (κ2) is 5.39. The van der Waals surface area contributed by atoms with Crippen LogP contribution in [0.1, 0.15) is 5.56 Å². The van der Waals surface area contributed by atoms with E-state index < -0.39 is 0 Å². The summed E-state index contributed by atoms with van der Waals surface area (Å²) in [6.45, 7) is 0.625. The molecule has 0 fully saturated rings. The third-order valence-electron chi connectivity index (χ3n) is 3.11. The Morgan fingerprint density at radius 1 is 1.10 bits per heavy atom. The number of fused-ring (bicyclic) bond motifs is 1. The molecule has 0 aliphatic rings. The van der Waals surface area contributed by atoms with Gasteiger partial charge in [0.05, 0.1) is 10.5 Å². The van der Waals surface area contributed by atoms with Gasteiger partial charge in [0, 0.05) is 23.8 Å². The summed E-state index contributed by atoms with van der Waals surface area (Å²) in [5.41, 5.74) is 2.77. The largest absolute Gasteiger partial charge is 0.508 e. The molecule has 0 unspecified atom stereocenters. The van der Waals surface area contributed by atoms with Gasteiger partial charge in [-0.2, -0.15) is 0 Å². The number of phenolic OH excluding ortho intramolecular Hbond substituents is 1. The lowest BCUT2D eigenvalue weighted by atomic mass is 10.1. The van der Waals surface area contributed by atoms with Gasteiger partial charge in [-0.05, 0) is 42.0 Å². The van der Waals surface area contributed by atoms with E-state index in [0.29, 0.717) is 11.6 Å². The molecule has 1 heterocycles. The van der Waals surface area contributed by atoms with Crippen molar-refractivity contribution in [3.05, 3.63) is 65.3 Å². The number of phenols is 1. The van der Waals surface area contributed by atoms with Crippen LogP contribution in [0.5, 0.6) is 5.75 Å². The molecule has 0 saturated carbocycles. The van der Waals surface area contributed by atoms with Crippen molar-refractivity contribution in [3.8, 4) is 5.75 Å². The van der Waals surface area contributed by atoms with Crippen molar-refractivity contribution < 1.29 is 5.11 Å². The van der Waals surface area contributed by atoms with Crippen molar-refractivity contribution in [2.75, 3.05) is 5.32 Å². The Morgan fingerprint density at radius 3 is 2.85 bits per heavy atom. The Labute approximate surface area is 121 Å². The van der Waals surface area contributed by atoms with Gasteiger partial charge in [0.15, 0.2) is 0 Å². The second-order valence-corrected chi connectivity index (χ2v) is 4.93. The van der Waals surface area contributed by atoms with Crippen LogP contribution in [-0.2, 0) is 6.54 Å². The molecular formula is C16H13ClN2O. The smallest absolute Gasteiger partial charge is 0.115 e. The highest BCUT2D eigenvalue weighted by atomic mass is 35.5. The summed E-state index contributed by atoms with van der Waals surface area (Å²) < 4.78 is 0. The number of anilines is 1. The van der Waals surface area contributed by atoms with Crippen LogP contribution in [-0.4, -0.2) is 10.1 Å². The van der Waals surface area contributed by atoms with Crippen molar-refractivity contribution in [1.82, 2.24) is 4.98 Å². The van der Waals surface area contributed by atoms with E-state index in [1.54, 1.807) is 18.3 Å². The van der Waals surface area contributed by atoms with E-state index >= 15 is 0 Å². The first kappa shape index (κ1) is 12.8. The fourth-order valence-electron chi connectivity index (χ4n) is 2.16. The van der Waals surface area contributed by atoms with Gasteiger partial charge in [-0.3, -0.25) is 4.98 Å². The van der Waals surface area contributed by atoms with Crippen molar-refractivity contribution >= 4 is 28.2 Å². The third-order valence-corrected chi connectivity index (χ3v) is 3.42. The minimum Gasteiger partial charge on any atom is -0.508 e. The second-order valence-electron chi connectivity index (χ2n) is 4.52. The van der Waals surface area contributed by atoms with Gasteiger partial charge >= 0.3 is 0 Å². The molecule has 20 heavy (non-hydrogen) atoms. The quantitative estimate of drug-likeness (QED) is 0.757. The van der Waals surface area contributed by atoms with E-state index in [1.165, 1.54) is 0 Å². The van der Waals surface area contributed by atoms with Gasteiger partial charge in [-0.15, -0.1) is 0 Å². The predicted octanol–water partition coefficient (Wildman–Crippen LogP) is 4.21. The van der Waals surface area contributed by atoms with Crippen LogP contribution in [0.25, 0.3) is 10.9 Å². The number of pyridine rings is 1. The maximum absolute atomic E-state index is 9.46. The Hall–Kier alpha value is -2.26. The number of aromatic hydroxyl groups is 1. The monoisotopic (exact) mass is 284 g/mol. The molecule has 2 aromatic carbocycles. The van der Waals surface area contributed by atoms with Crippen LogP contribution in [0.2, 0.25) is 5.02 Å². The maximum atomic E-state index is 9.46. The van der Waals surface area contributed by atoms with Gasteiger partial charge < -0.3 is 10.4 Å². The third kappa shape index (κ3) is 2.53. The van der Waals surface area contributed by atoms with Crippen LogP contribution < -0.4 is 5.32 Å². The van der Waals surface area contributed by atoms with Gasteiger partial charge in [-0.25, -0.2) is 0 Å². The molecule has 0 atom stereocenters. The average molecular weight is 285 g/mol. The molecular weight excluding hydrogens is 272 g/mol. The van der Waals surface area contributed by atoms with Gasteiger partial charge in [0.1, 0.15) is 5.75 Å². The van der Waals surface area contributed by atoms with E-state index in [2.05, 4.69) is 10.3 Å². The Morgan fingerprint density at radius 2 is 2.00 bits per heavy atom. The summed E-state index contributed by atoms with van der Waals surface area (Å²) in [7, 11) is 0. The number of hydrogen-bond acceptors (Lipinski definition) is 3. The molecule has 3 aromatic rings. The lowest BCUT2D eigenvalue weighted by molar-refractivity contribution is 0.474. The van der Waals surface area contributed by atoms with Gasteiger partial charge in [0.2, 0.25) is 0 Å². The first-order valence-electron chi connectivity index (χ1n) is 6.29. The van der Waals surface area contributed by atoms with E-state index in [0.717, 1.165) is 22.2 Å². The molecule has 0 amide bonds. The molecule has 0 bridgehead atoms. The Balaban J connectivity index is 1.90. The van der Waals surface area contributed by atoms with Crippen LogP contribution in [0.15, 0.2) is 54.7 Å². The van der Waals surface area contributed by atoms with Crippen LogP contribution in [0, 0.1) is 0 Å². The molecule has 0 saturated heterocycles. The highest BCUT2D eigenvalue weighted by Crippen LogP contribution is 2.28. The lowest BCUT2D eigenvalue weighted by Crippen LogP contribution is -2.00. The standard InChI is InChI=1S/C16H13ClN2O/c17-14-6-7-15(13-5-2-8-18-16(13)14)19-10-11-3-1-4-12(20)9-11/h1-9,19-20H,10H2. The highest BCUT2D eigenvalue weighted by molar-refractivity contribution is 6.35. The number of hydrogen-bond donors (Lipinski definition) is 2. The van der Waals surface area contributed by atoms with Crippen LogP contribution >= 0.6 is 11.6 Å². The fraction of sp³-hybridized carbons (Fsp3) is 0.0625. The summed E-state index contributed by atoms with van der Waals surface area (Å²) in [5, 5.41) is 14.4. The minimum absolute atomic E-state index is 0.270. The van der Waals surface area contributed by atoms with E-state index in [4.69, 9.17) is 11.6 Å². The number of rotatable bonds is 3. The average Bonchev–Trinajstić information content (AvgIpc) is 2.47. The maximum Gasteiger partial charge on any atom is 0.115 e. The summed E-state index contributed by atoms with van der Waals surface area (Å²) in [6.07, 6.45) is 1.73. The number of nitrogens with zero attached hydrogens (tertiary/aromatic N) is 1. The zero-order valence-electron chi connectivity index (χ0n) is 10.7. The predicted molar refractivity (Wildman–Crippen MR) is 82.2 cm³/mol. The van der Waals surface area contributed by atoms with Crippen LogP contribution in [0.4, 0.5) is 5.69 Å². The lowest BCUT2D eigenvalue weighted by Gasteiger charge is -2.10. The van der Waals surface area contributed by atoms with Gasteiger partial charge in [0.25, 0.3) is 0 Å². The molecule has 0 radical (unpaired) electrons. The first-order chi connectivity index (χ1) is 9.74. The summed E-state index contributed by atoms with van der Waals surface area (Å²) >= 11 is 6.14. The normalized spacial score (nSPS) is 10.7. The fourth-order valence-corrected chi connectivity index (χ4v) is 2.37. The minimum atomic E-state index is 0.270. The summed E-state index contributed by atoms with van der Waals surface area (Å²) in [6, 6.07) is 14.8. The Bertz CT molecular complexity index is 758. The molecule has 0 spiro atoms. The summed E-state index contributed by atoms with van der Waals surface area (Å²) in [5.74, 6) is 0.270. The van der Waals surface area contributed by atoms with E-state index in [9.17, 15) is 5.11 Å². The van der Waals surface area contributed by atoms with E-state index in [1.807, 2.05) is 36.4 Å². The first-order valence-corrected chi connectivity index (χ1v) is 6.67. The Kier molecular flexibility index (Phi) is 3.44. The molecule has 0 aliphatic heterocycles. The number of aromatic nitrogens is 1. The van der Waals surface area contributed by atoms with Crippen molar-refractivity contribution in [1.29, 1.82) is 0 Å². The van der Waals surface area contributed by atoms with E-state index in [-0.39, 0.29) is 5.75 Å². The summed E-state index contributed by atoms with van der Waals surface area (Å²) in [4.78, 5) is 4.30. The zero-order valence-corrected chi connectivity index (χ0v) is 11.4. The molecule has 2 N–H and O–H groups in total. The van der Waals surface area contributed by atoms with Gasteiger partial charge in [-0.1, -0.05) is 23.7 Å². The SMILES string of the molecule is Oc1cccc(CNc2ccc(Cl)c3ncccc23)c1. The molecule has 4 heteroatoms. The molecule has 100 valence electrons. The number of halogens is 1. The topological polar surface area (TPSA) is 45.1 Å². The van der Waals surface area contributed by atoms with Crippen molar-refractivity contribution in [2.45, 2.75) is 6.54 Å². The van der Waals surface area contributed by atoms with Crippen molar-refractivity contribution in [2.24, 2.45) is 0 Å². The number of nitrogens with one attached hydrogen (secondary N) is 1. The zero-order chi connectivity index (χ0) is 13.9. The molecule has 3 rings (SSSR count). The van der Waals surface area contributed by atoms with Crippen molar-refractivity contribution in [3.63, 3.8) is 0 Å². The molecule has 3 nitrogen and oxygen atoms in total. The highest BCUT2D eigenvalue weighted by Gasteiger charge is 2.05. The molecule has 1 aromatic heterocycles.